The molecule has 2 rings (SSSR count). The summed E-state index contributed by atoms with van der Waals surface area (Å²) in [5.41, 5.74) is 6.99. The van der Waals surface area contributed by atoms with Crippen LogP contribution in [0.5, 0.6) is 0 Å². The van der Waals surface area contributed by atoms with Gasteiger partial charge in [-0.3, -0.25) is 4.90 Å². The van der Waals surface area contributed by atoms with Crippen molar-refractivity contribution in [1.29, 1.82) is 0 Å². The molecular weight excluding hydrogens is 288 g/mol. The Morgan fingerprint density at radius 3 is 2.44 bits per heavy atom. The lowest BCUT2D eigenvalue weighted by Gasteiger charge is -2.32. The monoisotopic (exact) mass is 310 g/mol. The number of piperidine rings is 1. The fourth-order valence-electron chi connectivity index (χ4n) is 2.69. The van der Waals surface area contributed by atoms with Crippen LogP contribution in [0.2, 0.25) is 0 Å². The van der Waals surface area contributed by atoms with Crippen LogP contribution in [-0.4, -0.2) is 24.5 Å². The van der Waals surface area contributed by atoms with Gasteiger partial charge in [0.2, 0.25) is 0 Å². The van der Waals surface area contributed by atoms with Gasteiger partial charge in [-0.05, 0) is 68.9 Å². The second-order valence-corrected chi connectivity index (χ2v) is 6.19. The van der Waals surface area contributed by atoms with Crippen molar-refractivity contribution in [2.75, 3.05) is 19.6 Å². The minimum absolute atomic E-state index is 0.846. The van der Waals surface area contributed by atoms with Gasteiger partial charge in [0.05, 0.1) is 0 Å². The highest BCUT2D eigenvalue weighted by molar-refractivity contribution is 9.10. The van der Waals surface area contributed by atoms with Crippen molar-refractivity contribution in [3.63, 3.8) is 0 Å². The minimum Gasteiger partial charge on any atom is -0.330 e. The van der Waals surface area contributed by atoms with E-state index in [1.165, 1.54) is 44.3 Å². The molecule has 1 heterocycles. The summed E-state index contributed by atoms with van der Waals surface area (Å²) < 4.78 is 1.16. The number of halogens is 1. The summed E-state index contributed by atoms with van der Waals surface area (Å²) in [5.74, 6) is 0.912. The summed E-state index contributed by atoms with van der Waals surface area (Å²) in [5, 5.41) is 0. The van der Waals surface area contributed by atoms with Gasteiger partial charge in [0.1, 0.15) is 0 Å². The lowest BCUT2D eigenvalue weighted by molar-refractivity contribution is 0.171. The summed E-state index contributed by atoms with van der Waals surface area (Å²) in [6.07, 6.45) is 5.20. The van der Waals surface area contributed by atoms with E-state index in [0.29, 0.717) is 0 Å². The van der Waals surface area contributed by atoms with E-state index in [9.17, 15) is 0 Å². The van der Waals surface area contributed by atoms with Gasteiger partial charge < -0.3 is 5.73 Å². The van der Waals surface area contributed by atoms with Crippen LogP contribution in [0.3, 0.4) is 0 Å². The van der Waals surface area contributed by atoms with Crippen molar-refractivity contribution in [3.8, 4) is 0 Å². The van der Waals surface area contributed by atoms with Gasteiger partial charge in [0.25, 0.3) is 0 Å². The van der Waals surface area contributed by atoms with Crippen LogP contribution >= 0.6 is 15.9 Å². The molecule has 0 spiro atoms. The number of benzene rings is 1. The normalized spacial score (nSPS) is 18.1. The molecule has 0 amide bonds. The molecule has 18 heavy (non-hydrogen) atoms. The highest BCUT2D eigenvalue weighted by Gasteiger charge is 2.18. The first-order chi connectivity index (χ1) is 8.78. The molecule has 0 atom stereocenters. The van der Waals surface area contributed by atoms with Crippen LogP contribution in [-0.2, 0) is 6.54 Å². The van der Waals surface area contributed by atoms with E-state index in [-0.39, 0.29) is 0 Å². The molecule has 0 saturated carbocycles. The fraction of sp³-hybridized carbons (Fsp3) is 0.600. The van der Waals surface area contributed by atoms with E-state index in [1.807, 2.05) is 0 Å². The van der Waals surface area contributed by atoms with E-state index in [1.54, 1.807) is 0 Å². The number of nitrogens with two attached hydrogens (primary N) is 1. The minimum atomic E-state index is 0.846. The molecule has 0 radical (unpaired) electrons. The third-order valence-electron chi connectivity index (χ3n) is 3.84. The van der Waals surface area contributed by atoms with Gasteiger partial charge in [0, 0.05) is 11.0 Å². The first-order valence-electron chi connectivity index (χ1n) is 6.95. The molecule has 100 valence electrons. The number of nitrogens with zero attached hydrogens (tertiary/aromatic N) is 1. The van der Waals surface area contributed by atoms with Crippen molar-refractivity contribution in [1.82, 2.24) is 4.90 Å². The highest BCUT2D eigenvalue weighted by Crippen LogP contribution is 2.23. The van der Waals surface area contributed by atoms with Crippen LogP contribution in [0.1, 0.15) is 31.2 Å². The smallest absolute Gasteiger partial charge is 0.0233 e. The predicted molar refractivity (Wildman–Crippen MR) is 80.4 cm³/mol. The molecule has 2 nitrogen and oxygen atoms in total. The second kappa shape index (κ2) is 7.27. The predicted octanol–water partition coefficient (Wildman–Crippen LogP) is 3.40. The van der Waals surface area contributed by atoms with Crippen LogP contribution in [0, 0.1) is 5.92 Å². The molecule has 1 aromatic carbocycles. The van der Waals surface area contributed by atoms with Gasteiger partial charge in [0.15, 0.2) is 0 Å². The summed E-state index contributed by atoms with van der Waals surface area (Å²) in [7, 11) is 0. The Bertz CT molecular complexity index is 342. The van der Waals surface area contributed by atoms with E-state index < -0.39 is 0 Å². The maximum Gasteiger partial charge on any atom is 0.0233 e. The third-order valence-corrected chi connectivity index (χ3v) is 4.37. The lowest BCUT2D eigenvalue weighted by Crippen LogP contribution is -2.33. The van der Waals surface area contributed by atoms with Crippen molar-refractivity contribution in [2.24, 2.45) is 11.7 Å². The molecule has 0 aromatic heterocycles. The zero-order valence-corrected chi connectivity index (χ0v) is 12.5. The standard InChI is InChI=1S/C15H23BrN2/c16-15-5-3-14(4-6-15)12-18-10-7-13(8-11-18)2-1-9-17/h3-6,13H,1-2,7-12,17H2. The molecular formula is C15H23BrN2. The lowest BCUT2D eigenvalue weighted by atomic mass is 9.92. The second-order valence-electron chi connectivity index (χ2n) is 5.28. The Hall–Kier alpha value is -0.380. The number of likely N-dealkylation sites (tertiary alicyclic amines) is 1. The Balaban J connectivity index is 1.74. The molecule has 3 heteroatoms. The third kappa shape index (κ3) is 4.38. The molecule has 2 N–H and O–H groups in total. The molecule has 0 unspecified atom stereocenters. The number of hydrogen-bond acceptors (Lipinski definition) is 2. The van der Waals surface area contributed by atoms with Crippen LogP contribution in [0.4, 0.5) is 0 Å². The van der Waals surface area contributed by atoms with Gasteiger partial charge in [-0.25, -0.2) is 0 Å². The van der Waals surface area contributed by atoms with Crippen molar-refractivity contribution < 1.29 is 0 Å². The molecule has 1 aromatic rings. The van der Waals surface area contributed by atoms with Crippen LogP contribution in [0.15, 0.2) is 28.7 Å². The Morgan fingerprint density at radius 2 is 1.83 bits per heavy atom. The van der Waals surface area contributed by atoms with Crippen LogP contribution in [0.25, 0.3) is 0 Å². The molecule has 1 fully saturated rings. The SMILES string of the molecule is NCCCC1CCN(Cc2ccc(Br)cc2)CC1. The van der Waals surface area contributed by atoms with Gasteiger partial charge in [-0.2, -0.15) is 0 Å². The maximum absolute atomic E-state index is 5.57. The Morgan fingerprint density at radius 1 is 1.17 bits per heavy atom. The summed E-state index contributed by atoms with van der Waals surface area (Å²) in [4.78, 5) is 2.57. The van der Waals surface area contributed by atoms with Gasteiger partial charge in [-0.15, -0.1) is 0 Å². The summed E-state index contributed by atoms with van der Waals surface area (Å²) in [6, 6.07) is 8.68. The number of hydrogen-bond donors (Lipinski definition) is 1. The largest absolute Gasteiger partial charge is 0.330 e. The topological polar surface area (TPSA) is 29.3 Å². The van der Waals surface area contributed by atoms with E-state index in [2.05, 4.69) is 45.1 Å². The average molecular weight is 311 g/mol. The first-order valence-corrected chi connectivity index (χ1v) is 7.74. The molecule has 1 aliphatic rings. The zero-order valence-electron chi connectivity index (χ0n) is 10.9. The molecule has 1 aliphatic heterocycles. The van der Waals surface area contributed by atoms with E-state index >= 15 is 0 Å². The van der Waals surface area contributed by atoms with Gasteiger partial charge >= 0.3 is 0 Å². The maximum atomic E-state index is 5.57. The van der Waals surface area contributed by atoms with Crippen molar-refractivity contribution in [3.05, 3.63) is 34.3 Å². The Labute approximate surface area is 119 Å². The molecule has 0 aliphatic carbocycles. The highest BCUT2D eigenvalue weighted by atomic mass is 79.9. The summed E-state index contributed by atoms with van der Waals surface area (Å²) >= 11 is 3.48. The van der Waals surface area contributed by atoms with E-state index in [0.717, 1.165) is 23.5 Å². The zero-order chi connectivity index (χ0) is 12.8. The fourth-order valence-corrected chi connectivity index (χ4v) is 2.95. The van der Waals surface area contributed by atoms with Gasteiger partial charge in [-0.1, -0.05) is 28.1 Å². The first kappa shape index (κ1) is 14.0. The summed E-state index contributed by atoms with van der Waals surface area (Å²) in [6.45, 7) is 4.42. The number of rotatable bonds is 5. The van der Waals surface area contributed by atoms with Crippen LogP contribution < -0.4 is 5.73 Å². The molecule has 1 saturated heterocycles. The average Bonchev–Trinajstić information content (AvgIpc) is 2.41. The Kier molecular flexibility index (Phi) is 5.67. The van der Waals surface area contributed by atoms with Crippen molar-refractivity contribution >= 4 is 15.9 Å². The van der Waals surface area contributed by atoms with E-state index in [4.69, 9.17) is 5.73 Å². The molecule has 0 bridgehead atoms. The quantitative estimate of drug-likeness (QED) is 0.903. The van der Waals surface area contributed by atoms with Crippen molar-refractivity contribution in [2.45, 2.75) is 32.2 Å².